The largest absolute Gasteiger partial charge is 0.497 e. The van der Waals surface area contributed by atoms with E-state index < -0.39 is 0 Å². The second-order valence-corrected chi connectivity index (χ2v) is 5.38. The van der Waals surface area contributed by atoms with Crippen molar-refractivity contribution in [2.24, 2.45) is 0 Å². The van der Waals surface area contributed by atoms with Gasteiger partial charge in [0.15, 0.2) is 0 Å². The van der Waals surface area contributed by atoms with E-state index in [1.807, 2.05) is 43.3 Å². The fourth-order valence-corrected chi connectivity index (χ4v) is 2.09. The number of nitrogens with one attached hydrogen (secondary N) is 1. The number of ether oxygens (including phenoxy) is 2. The summed E-state index contributed by atoms with van der Waals surface area (Å²) in [5.41, 5.74) is 2.34. The number of benzene rings is 2. The van der Waals surface area contributed by atoms with E-state index in [9.17, 15) is 4.79 Å². The lowest BCUT2D eigenvalue weighted by Gasteiger charge is -2.14. The highest BCUT2D eigenvalue weighted by Gasteiger charge is 2.11. The first-order valence-corrected chi connectivity index (χ1v) is 7.83. The van der Waals surface area contributed by atoms with Crippen molar-refractivity contribution in [2.75, 3.05) is 19.0 Å². The van der Waals surface area contributed by atoms with Crippen molar-refractivity contribution in [1.29, 1.82) is 0 Å². The molecule has 1 N–H and O–H groups in total. The van der Waals surface area contributed by atoms with Crippen LogP contribution < -0.4 is 14.8 Å². The molecule has 1 amide bonds. The third-order valence-electron chi connectivity index (χ3n) is 3.50. The van der Waals surface area contributed by atoms with Crippen LogP contribution in [0.4, 0.5) is 5.69 Å². The second kappa shape index (κ2) is 8.22. The lowest BCUT2D eigenvalue weighted by Crippen LogP contribution is -2.13. The van der Waals surface area contributed by atoms with Crippen molar-refractivity contribution in [2.45, 2.75) is 26.7 Å². The van der Waals surface area contributed by atoms with Crippen molar-refractivity contribution in [1.82, 2.24) is 0 Å². The van der Waals surface area contributed by atoms with Crippen LogP contribution in [-0.4, -0.2) is 19.6 Å². The van der Waals surface area contributed by atoms with Gasteiger partial charge >= 0.3 is 0 Å². The maximum atomic E-state index is 12.4. The van der Waals surface area contributed by atoms with Gasteiger partial charge in [0.05, 0.1) is 19.4 Å². The van der Waals surface area contributed by atoms with Crippen molar-refractivity contribution in [3.8, 4) is 11.5 Å². The first-order valence-electron chi connectivity index (χ1n) is 7.83. The van der Waals surface area contributed by atoms with E-state index in [0.717, 1.165) is 18.4 Å². The molecule has 23 heavy (non-hydrogen) atoms. The quantitative estimate of drug-likeness (QED) is 0.769. The minimum absolute atomic E-state index is 0.168. The van der Waals surface area contributed by atoms with Crippen LogP contribution in [0.5, 0.6) is 11.5 Å². The van der Waals surface area contributed by atoms with Gasteiger partial charge in [0.2, 0.25) is 0 Å². The normalized spacial score (nSPS) is 10.2. The zero-order valence-electron chi connectivity index (χ0n) is 13.9. The molecule has 0 saturated carbocycles. The van der Waals surface area contributed by atoms with Crippen LogP contribution in [-0.2, 0) is 0 Å². The maximum absolute atomic E-state index is 12.4. The number of carbonyl (C=O) groups excluding carboxylic acids is 1. The highest BCUT2D eigenvalue weighted by atomic mass is 16.5. The molecule has 0 heterocycles. The van der Waals surface area contributed by atoms with Gasteiger partial charge in [-0.05, 0) is 37.6 Å². The Labute approximate surface area is 137 Å². The third kappa shape index (κ3) is 4.74. The molecule has 0 radical (unpaired) electrons. The van der Waals surface area contributed by atoms with E-state index in [0.29, 0.717) is 29.4 Å². The van der Waals surface area contributed by atoms with Gasteiger partial charge in [-0.15, -0.1) is 0 Å². The van der Waals surface area contributed by atoms with E-state index in [4.69, 9.17) is 9.47 Å². The standard InChI is InChI=1S/C19H23NO3/c1-4-5-12-23-18-11-10-16(22-3)13-17(18)20-19(21)15-8-6-14(2)7-9-15/h6-11,13H,4-5,12H2,1-3H3,(H,20,21). The number of anilines is 1. The third-order valence-corrected chi connectivity index (χ3v) is 3.50. The van der Waals surface area contributed by atoms with Gasteiger partial charge in [-0.1, -0.05) is 31.0 Å². The lowest BCUT2D eigenvalue weighted by atomic mass is 10.1. The number of hydrogen-bond donors (Lipinski definition) is 1. The second-order valence-electron chi connectivity index (χ2n) is 5.38. The molecule has 2 aromatic carbocycles. The zero-order chi connectivity index (χ0) is 16.7. The van der Waals surface area contributed by atoms with Crippen LogP contribution in [0, 0.1) is 6.92 Å². The summed E-state index contributed by atoms with van der Waals surface area (Å²) in [5.74, 6) is 1.16. The van der Waals surface area contributed by atoms with Gasteiger partial charge in [0.25, 0.3) is 5.91 Å². The van der Waals surface area contributed by atoms with Crippen LogP contribution >= 0.6 is 0 Å². The van der Waals surface area contributed by atoms with E-state index in [2.05, 4.69) is 12.2 Å². The van der Waals surface area contributed by atoms with E-state index in [1.54, 1.807) is 13.2 Å². The Bertz CT molecular complexity index is 650. The average molecular weight is 313 g/mol. The van der Waals surface area contributed by atoms with Gasteiger partial charge in [-0.3, -0.25) is 4.79 Å². The molecule has 0 aromatic heterocycles. The summed E-state index contributed by atoms with van der Waals surface area (Å²) in [5, 5.41) is 2.90. The molecule has 2 aromatic rings. The fraction of sp³-hybridized carbons (Fsp3) is 0.316. The topological polar surface area (TPSA) is 47.6 Å². The number of unbranched alkanes of at least 4 members (excludes halogenated alkanes) is 1. The Morgan fingerprint density at radius 2 is 1.87 bits per heavy atom. The average Bonchev–Trinajstić information content (AvgIpc) is 2.56. The van der Waals surface area contributed by atoms with Crippen molar-refractivity contribution < 1.29 is 14.3 Å². The Balaban J connectivity index is 2.18. The van der Waals surface area contributed by atoms with E-state index in [-0.39, 0.29) is 5.91 Å². The Hall–Kier alpha value is -2.49. The Morgan fingerprint density at radius 1 is 1.13 bits per heavy atom. The number of amides is 1. The minimum Gasteiger partial charge on any atom is -0.497 e. The van der Waals surface area contributed by atoms with Crippen LogP contribution in [0.25, 0.3) is 0 Å². The molecule has 0 spiro atoms. The molecule has 4 nitrogen and oxygen atoms in total. The van der Waals surface area contributed by atoms with Crippen LogP contribution in [0.2, 0.25) is 0 Å². The molecule has 0 fully saturated rings. The molecule has 0 bridgehead atoms. The van der Waals surface area contributed by atoms with Crippen LogP contribution in [0.15, 0.2) is 42.5 Å². The summed E-state index contributed by atoms with van der Waals surface area (Å²) in [7, 11) is 1.60. The highest BCUT2D eigenvalue weighted by Crippen LogP contribution is 2.30. The van der Waals surface area contributed by atoms with Crippen LogP contribution in [0.1, 0.15) is 35.7 Å². The van der Waals surface area contributed by atoms with Gasteiger partial charge in [-0.25, -0.2) is 0 Å². The summed E-state index contributed by atoms with van der Waals surface area (Å²) in [6.45, 7) is 4.72. The molecule has 2 rings (SSSR count). The molecule has 122 valence electrons. The molecule has 0 atom stereocenters. The fourth-order valence-electron chi connectivity index (χ4n) is 2.09. The lowest BCUT2D eigenvalue weighted by molar-refractivity contribution is 0.102. The molecule has 0 aliphatic rings. The van der Waals surface area contributed by atoms with Gasteiger partial charge in [0, 0.05) is 11.6 Å². The molecule has 4 heteroatoms. The van der Waals surface area contributed by atoms with E-state index in [1.165, 1.54) is 0 Å². The van der Waals surface area contributed by atoms with Crippen molar-refractivity contribution in [3.05, 3.63) is 53.6 Å². The van der Waals surface area contributed by atoms with Crippen molar-refractivity contribution >= 4 is 11.6 Å². The van der Waals surface area contributed by atoms with Gasteiger partial charge in [0.1, 0.15) is 11.5 Å². The predicted octanol–water partition coefficient (Wildman–Crippen LogP) is 4.43. The number of aryl methyl sites for hydroxylation is 1. The summed E-state index contributed by atoms with van der Waals surface area (Å²) in [6.07, 6.45) is 2.03. The minimum atomic E-state index is -0.168. The number of methoxy groups -OCH3 is 1. The zero-order valence-corrected chi connectivity index (χ0v) is 13.9. The summed E-state index contributed by atoms with van der Waals surface area (Å²) in [4.78, 5) is 12.4. The SMILES string of the molecule is CCCCOc1ccc(OC)cc1NC(=O)c1ccc(C)cc1. The maximum Gasteiger partial charge on any atom is 0.255 e. The molecule has 0 unspecified atom stereocenters. The molecular weight excluding hydrogens is 290 g/mol. The Kier molecular flexibility index (Phi) is 6.03. The summed E-state index contributed by atoms with van der Waals surface area (Å²) in [6, 6.07) is 12.9. The molecule has 0 aliphatic heterocycles. The number of rotatable bonds is 7. The first-order chi connectivity index (χ1) is 11.1. The highest BCUT2D eigenvalue weighted by molar-refractivity contribution is 6.05. The first kappa shape index (κ1) is 16.9. The van der Waals surface area contributed by atoms with Gasteiger partial charge < -0.3 is 14.8 Å². The molecule has 0 saturated heterocycles. The summed E-state index contributed by atoms with van der Waals surface area (Å²) < 4.78 is 11.0. The van der Waals surface area contributed by atoms with Crippen LogP contribution in [0.3, 0.4) is 0 Å². The predicted molar refractivity (Wildman–Crippen MR) is 92.5 cm³/mol. The number of carbonyl (C=O) groups is 1. The smallest absolute Gasteiger partial charge is 0.255 e. The van der Waals surface area contributed by atoms with Crippen molar-refractivity contribution in [3.63, 3.8) is 0 Å². The van der Waals surface area contributed by atoms with E-state index >= 15 is 0 Å². The monoisotopic (exact) mass is 313 g/mol. The summed E-state index contributed by atoms with van der Waals surface area (Å²) >= 11 is 0. The van der Waals surface area contributed by atoms with Gasteiger partial charge in [-0.2, -0.15) is 0 Å². The molecule has 0 aliphatic carbocycles. The Morgan fingerprint density at radius 3 is 2.52 bits per heavy atom. The molecular formula is C19H23NO3. The number of hydrogen-bond acceptors (Lipinski definition) is 3.